The number of aromatic nitrogens is 3. The van der Waals surface area contributed by atoms with Crippen molar-refractivity contribution >= 4 is 33.6 Å². The summed E-state index contributed by atoms with van der Waals surface area (Å²) in [6.45, 7) is 0.650. The Hall–Kier alpha value is -1.01. The number of hydrogen-bond donors (Lipinski definition) is 0. The van der Waals surface area contributed by atoms with Crippen LogP contribution in [0.1, 0.15) is 15.4 Å². The zero-order valence-corrected chi connectivity index (χ0v) is 9.46. The summed E-state index contributed by atoms with van der Waals surface area (Å²) < 4.78 is 2.73. The summed E-state index contributed by atoms with van der Waals surface area (Å²) in [6.07, 6.45) is 2.31. The molecule has 14 heavy (non-hydrogen) atoms. The van der Waals surface area contributed by atoms with Crippen LogP contribution in [0.3, 0.4) is 0 Å². The maximum atomic E-state index is 10.4. The minimum absolute atomic E-state index is 0.362. The molecule has 2 rings (SSSR count). The van der Waals surface area contributed by atoms with E-state index in [0.29, 0.717) is 18.5 Å². The number of aldehydes is 1. The summed E-state index contributed by atoms with van der Waals surface area (Å²) in [7, 11) is 0. The molecule has 0 fully saturated rings. The molecular formula is C8H6BrN3OS. The van der Waals surface area contributed by atoms with E-state index in [4.69, 9.17) is 0 Å². The number of hydrogen-bond acceptors (Lipinski definition) is 4. The van der Waals surface area contributed by atoms with E-state index in [-0.39, 0.29) is 0 Å². The van der Waals surface area contributed by atoms with Gasteiger partial charge in [0, 0.05) is 4.88 Å². The second kappa shape index (κ2) is 4.02. The minimum atomic E-state index is 0.362. The highest BCUT2D eigenvalue weighted by atomic mass is 79.9. The maximum absolute atomic E-state index is 10.4. The lowest BCUT2D eigenvalue weighted by molar-refractivity contribution is 0.111. The van der Waals surface area contributed by atoms with Crippen LogP contribution in [0.2, 0.25) is 0 Å². The Morgan fingerprint density at radius 1 is 1.57 bits per heavy atom. The van der Waals surface area contributed by atoms with Crippen molar-refractivity contribution in [1.82, 2.24) is 15.0 Å². The molecule has 72 valence electrons. The molecule has 0 radical (unpaired) electrons. The van der Waals surface area contributed by atoms with Gasteiger partial charge in [0.25, 0.3) is 0 Å². The van der Waals surface area contributed by atoms with Crippen LogP contribution in [0.25, 0.3) is 0 Å². The van der Waals surface area contributed by atoms with Crippen molar-refractivity contribution < 1.29 is 4.79 Å². The van der Waals surface area contributed by atoms with Gasteiger partial charge in [0.05, 0.1) is 16.5 Å². The van der Waals surface area contributed by atoms with Crippen molar-refractivity contribution in [3.63, 3.8) is 0 Å². The number of halogens is 1. The summed E-state index contributed by atoms with van der Waals surface area (Å²) in [5.74, 6) is 0. The highest BCUT2D eigenvalue weighted by molar-refractivity contribution is 9.11. The van der Waals surface area contributed by atoms with Crippen LogP contribution >= 0.6 is 27.3 Å². The number of nitrogens with zero attached hydrogens (tertiary/aromatic N) is 3. The molecule has 2 aromatic heterocycles. The number of thiophene rings is 1. The predicted octanol–water partition coefficient (Wildman–Crippen LogP) is 1.96. The van der Waals surface area contributed by atoms with E-state index in [9.17, 15) is 4.79 Å². The molecule has 0 aliphatic rings. The molecule has 0 N–H and O–H groups in total. The van der Waals surface area contributed by atoms with Crippen LogP contribution in [0.15, 0.2) is 22.1 Å². The molecule has 0 aliphatic heterocycles. The normalized spacial score (nSPS) is 10.4. The third-order valence-electron chi connectivity index (χ3n) is 1.62. The van der Waals surface area contributed by atoms with E-state index in [0.717, 1.165) is 3.79 Å². The summed E-state index contributed by atoms with van der Waals surface area (Å²) in [4.78, 5) is 11.5. The molecule has 0 spiro atoms. The van der Waals surface area contributed by atoms with Crippen LogP contribution in [0.5, 0.6) is 0 Å². The SMILES string of the molecule is O=Cc1cn(Cc2ccc(Br)s2)nn1. The Morgan fingerprint density at radius 3 is 3.00 bits per heavy atom. The molecule has 0 aliphatic carbocycles. The maximum Gasteiger partial charge on any atom is 0.171 e. The van der Waals surface area contributed by atoms with Crippen molar-refractivity contribution in [3.05, 3.63) is 32.7 Å². The summed E-state index contributed by atoms with van der Waals surface area (Å²) in [6, 6.07) is 3.99. The van der Waals surface area contributed by atoms with E-state index in [2.05, 4.69) is 26.2 Å². The first-order valence-corrected chi connectivity index (χ1v) is 5.48. The standard InChI is InChI=1S/C8H6BrN3OS/c9-8-2-1-7(14-8)4-12-3-6(5-13)10-11-12/h1-3,5H,4H2. The Morgan fingerprint density at radius 2 is 2.43 bits per heavy atom. The zero-order valence-electron chi connectivity index (χ0n) is 7.05. The second-order valence-corrected chi connectivity index (χ2v) is 5.21. The van der Waals surface area contributed by atoms with E-state index in [1.165, 1.54) is 4.88 Å². The lowest BCUT2D eigenvalue weighted by Gasteiger charge is -1.94. The number of carbonyl (C=O) groups is 1. The van der Waals surface area contributed by atoms with Crippen molar-refractivity contribution in [2.45, 2.75) is 6.54 Å². The first-order chi connectivity index (χ1) is 6.78. The van der Waals surface area contributed by atoms with Crippen LogP contribution in [0, 0.1) is 0 Å². The van der Waals surface area contributed by atoms with Gasteiger partial charge in [0.15, 0.2) is 6.29 Å². The third kappa shape index (κ3) is 2.08. The molecule has 0 saturated heterocycles. The lowest BCUT2D eigenvalue weighted by atomic mass is 10.4. The fourth-order valence-electron chi connectivity index (χ4n) is 1.04. The summed E-state index contributed by atoms with van der Waals surface area (Å²) in [5, 5.41) is 7.49. The second-order valence-electron chi connectivity index (χ2n) is 2.66. The first kappa shape index (κ1) is 9.54. The molecule has 0 saturated carbocycles. The molecule has 0 bridgehead atoms. The minimum Gasteiger partial charge on any atom is -0.296 e. The van der Waals surface area contributed by atoms with Gasteiger partial charge in [-0.3, -0.25) is 4.79 Å². The Labute approximate surface area is 92.7 Å². The molecule has 4 nitrogen and oxygen atoms in total. The molecule has 0 atom stereocenters. The fraction of sp³-hybridized carbons (Fsp3) is 0.125. The molecular weight excluding hydrogens is 266 g/mol. The Bertz CT molecular complexity index is 451. The predicted molar refractivity (Wildman–Crippen MR) is 56.5 cm³/mol. The van der Waals surface area contributed by atoms with Crippen molar-refractivity contribution in [1.29, 1.82) is 0 Å². The lowest BCUT2D eigenvalue weighted by Crippen LogP contribution is -1.97. The van der Waals surface area contributed by atoms with Crippen LogP contribution in [-0.4, -0.2) is 21.3 Å². The van der Waals surface area contributed by atoms with Crippen molar-refractivity contribution in [3.8, 4) is 0 Å². The average molecular weight is 272 g/mol. The van der Waals surface area contributed by atoms with Crippen LogP contribution in [-0.2, 0) is 6.54 Å². The monoisotopic (exact) mass is 271 g/mol. The molecule has 0 amide bonds. The summed E-state index contributed by atoms with van der Waals surface area (Å²) in [5.41, 5.74) is 0.362. The van der Waals surface area contributed by atoms with Gasteiger partial charge < -0.3 is 0 Å². The van der Waals surface area contributed by atoms with E-state index < -0.39 is 0 Å². The van der Waals surface area contributed by atoms with E-state index in [1.54, 1.807) is 22.2 Å². The quantitative estimate of drug-likeness (QED) is 0.802. The van der Waals surface area contributed by atoms with Gasteiger partial charge in [-0.25, -0.2) is 4.68 Å². The number of carbonyl (C=O) groups excluding carboxylic acids is 1. The molecule has 6 heteroatoms. The van der Waals surface area contributed by atoms with Gasteiger partial charge in [-0.15, -0.1) is 16.4 Å². The van der Waals surface area contributed by atoms with E-state index >= 15 is 0 Å². The average Bonchev–Trinajstić information content (AvgIpc) is 2.76. The van der Waals surface area contributed by atoms with Gasteiger partial charge in [0.1, 0.15) is 5.69 Å². The fourth-order valence-corrected chi connectivity index (χ4v) is 2.52. The van der Waals surface area contributed by atoms with Gasteiger partial charge in [-0.05, 0) is 28.1 Å². The highest BCUT2D eigenvalue weighted by Gasteiger charge is 2.02. The molecule has 0 unspecified atom stereocenters. The number of rotatable bonds is 3. The highest BCUT2D eigenvalue weighted by Crippen LogP contribution is 2.22. The van der Waals surface area contributed by atoms with Gasteiger partial charge in [0.2, 0.25) is 0 Å². The van der Waals surface area contributed by atoms with Crippen LogP contribution in [0.4, 0.5) is 0 Å². The Balaban J connectivity index is 2.14. The Kier molecular flexibility index (Phi) is 2.74. The first-order valence-electron chi connectivity index (χ1n) is 3.87. The van der Waals surface area contributed by atoms with Gasteiger partial charge >= 0.3 is 0 Å². The van der Waals surface area contributed by atoms with Gasteiger partial charge in [-0.1, -0.05) is 5.21 Å². The summed E-state index contributed by atoms with van der Waals surface area (Å²) >= 11 is 5.02. The van der Waals surface area contributed by atoms with Crippen molar-refractivity contribution in [2.75, 3.05) is 0 Å². The smallest absolute Gasteiger partial charge is 0.171 e. The topological polar surface area (TPSA) is 47.8 Å². The van der Waals surface area contributed by atoms with Crippen LogP contribution < -0.4 is 0 Å². The molecule has 2 aromatic rings. The van der Waals surface area contributed by atoms with E-state index in [1.807, 2.05) is 12.1 Å². The molecule has 2 heterocycles. The van der Waals surface area contributed by atoms with Gasteiger partial charge in [-0.2, -0.15) is 0 Å². The third-order valence-corrected chi connectivity index (χ3v) is 3.23. The zero-order chi connectivity index (χ0) is 9.97. The molecule has 0 aromatic carbocycles. The van der Waals surface area contributed by atoms with Crippen molar-refractivity contribution in [2.24, 2.45) is 0 Å². The largest absolute Gasteiger partial charge is 0.296 e.